The quantitative estimate of drug-likeness (QED) is 0.896. The number of para-hydroxylation sites is 1. The second kappa shape index (κ2) is 5.17. The van der Waals surface area contributed by atoms with Crippen LogP contribution in [0.25, 0.3) is 0 Å². The smallest absolute Gasteiger partial charge is 0.122 e. The van der Waals surface area contributed by atoms with E-state index in [4.69, 9.17) is 0 Å². The van der Waals surface area contributed by atoms with Crippen molar-refractivity contribution in [2.24, 2.45) is 0 Å². The molecule has 0 bridgehead atoms. The van der Waals surface area contributed by atoms with Gasteiger partial charge >= 0.3 is 0 Å². The predicted molar refractivity (Wildman–Crippen MR) is 82.7 cm³/mol. The Labute approximate surface area is 119 Å². The number of fused-ring (bicyclic) bond motifs is 1. The van der Waals surface area contributed by atoms with E-state index in [1.165, 1.54) is 11.3 Å². The lowest BCUT2D eigenvalue weighted by Gasteiger charge is -2.21. The van der Waals surface area contributed by atoms with E-state index in [-0.39, 0.29) is 6.04 Å². The molecule has 2 N–H and O–H groups in total. The molecular formula is C17H20N2O. The monoisotopic (exact) mass is 268 g/mol. The van der Waals surface area contributed by atoms with Crippen molar-refractivity contribution in [1.29, 1.82) is 0 Å². The fourth-order valence-electron chi connectivity index (χ4n) is 2.83. The molecular weight excluding hydrogens is 248 g/mol. The summed E-state index contributed by atoms with van der Waals surface area (Å²) in [5.41, 5.74) is 4.62. The minimum Gasteiger partial charge on any atom is -0.508 e. The fraction of sp³-hybridized carbons (Fsp3) is 0.294. The van der Waals surface area contributed by atoms with Crippen molar-refractivity contribution >= 4 is 11.4 Å². The van der Waals surface area contributed by atoms with Crippen LogP contribution in [0.3, 0.4) is 0 Å². The normalized spacial score (nSPS) is 15.2. The summed E-state index contributed by atoms with van der Waals surface area (Å²) in [5, 5.41) is 13.4. The van der Waals surface area contributed by atoms with Gasteiger partial charge < -0.3 is 15.3 Å². The van der Waals surface area contributed by atoms with E-state index in [2.05, 4.69) is 40.5 Å². The lowest BCUT2D eigenvalue weighted by molar-refractivity contribution is 0.458. The summed E-state index contributed by atoms with van der Waals surface area (Å²) in [6.45, 7) is 3.01. The maximum absolute atomic E-state index is 10.2. The average Bonchev–Trinajstić information content (AvgIpc) is 2.90. The first-order chi connectivity index (χ1) is 9.70. The standard InChI is InChI=1S/C17H20N2O/c1-12(18-2)15-8-7-14(11-17(15)20)19-10-9-13-5-3-4-6-16(13)19/h3-8,11-12,18,20H,9-10H2,1-2H3. The molecule has 104 valence electrons. The molecule has 0 amide bonds. The minimum atomic E-state index is 0.148. The molecule has 3 heteroatoms. The van der Waals surface area contributed by atoms with Gasteiger partial charge in [0.15, 0.2) is 0 Å². The van der Waals surface area contributed by atoms with Crippen LogP contribution < -0.4 is 10.2 Å². The SMILES string of the molecule is CNC(C)c1ccc(N2CCc3ccccc32)cc1O. The second-order valence-electron chi connectivity index (χ2n) is 5.28. The summed E-state index contributed by atoms with van der Waals surface area (Å²) in [5.74, 6) is 0.355. The maximum atomic E-state index is 10.2. The number of benzene rings is 2. The van der Waals surface area contributed by atoms with E-state index < -0.39 is 0 Å². The first-order valence-electron chi connectivity index (χ1n) is 7.06. The Kier molecular flexibility index (Phi) is 3.36. The lowest BCUT2D eigenvalue weighted by atomic mass is 10.1. The van der Waals surface area contributed by atoms with Crippen molar-refractivity contribution < 1.29 is 5.11 Å². The van der Waals surface area contributed by atoms with Crippen LogP contribution in [-0.2, 0) is 6.42 Å². The van der Waals surface area contributed by atoms with Gasteiger partial charge in [0.1, 0.15) is 5.75 Å². The van der Waals surface area contributed by atoms with Gasteiger partial charge in [-0.1, -0.05) is 24.3 Å². The summed E-state index contributed by atoms with van der Waals surface area (Å²) in [4.78, 5) is 2.27. The zero-order chi connectivity index (χ0) is 14.1. The summed E-state index contributed by atoms with van der Waals surface area (Å²) >= 11 is 0. The van der Waals surface area contributed by atoms with E-state index in [1.807, 2.05) is 26.1 Å². The minimum absolute atomic E-state index is 0.148. The molecule has 0 saturated heterocycles. The van der Waals surface area contributed by atoms with Gasteiger partial charge in [-0.3, -0.25) is 0 Å². The maximum Gasteiger partial charge on any atom is 0.122 e. The van der Waals surface area contributed by atoms with Gasteiger partial charge in [-0.25, -0.2) is 0 Å². The Bertz CT molecular complexity index is 624. The van der Waals surface area contributed by atoms with Crippen LogP contribution >= 0.6 is 0 Å². The second-order valence-corrected chi connectivity index (χ2v) is 5.28. The molecule has 3 nitrogen and oxygen atoms in total. The van der Waals surface area contributed by atoms with Crippen LogP contribution in [0.1, 0.15) is 24.1 Å². The van der Waals surface area contributed by atoms with Crippen molar-refractivity contribution in [2.45, 2.75) is 19.4 Å². The van der Waals surface area contributed by atoms with Crippen LogP contribution in [0.5, 0.6) is 5.75 Å². The van der Waals surface area contributed by atoms with Gasteiger partial charge in [-0.2, -0.15) is 0 Å². The summed E-state index contributed by atoms with van der Waals surface area (Å²) in [7, 11) is 1.90. The number of phenols is 1. The number of rotatable bonds is 3. The molecule has 1 atom stereocenters. The molecule has 0 fully saturated rings. The van der Waals surface area contributed by atoms with Crippen LogP contribution in [-0.4, -0.2) is 18.7 Å². The van der Waals surface area contributed by atoms with Gasteiger partial charge in [0.05, 0.1) is 0 Å². The third kappa shape index (κ3) is 2.14. The van der Waals surface area contributed by atoms with Crippen molar-refractivity contribution in [2.75, 3.05) is 18.5 Å². The number of anilines is 2. The van der Waals surface area contributed by atoms with Gasteiger partial charge in [0.25, 0.3) is 0 Å². The number of hydrogen-bond acceptors (Lipinski definition) is 3. The number of hydrogen-bond donors (Lipinski definition) is 2. The number of nitrogens with one attached hydrogen (secondary N) is 1. The van der Waals surface area contributed by atoms with Crippen LogP contribution in [0.4, 0.5) is 11.4 Å². The zero-order valence-electron chi connectivity index (χ0n) is 11.9. The third-order valence-corrected chi connectivity index (χ3v) is 4.11. The average molecular weight is 268 g/mol. The molecule has 0 aromatic heterocycles. The van der Waals surface area contributed by atoms with Crippen molar-refractivity contribution in [1.82, 2.24) is 5.32 Å². The summed E-state index contributed by atoms with van der Waals surface area (Å²) in [6.07, 6.45) is 1.06. The van der Waals surface area contributed by atoms with E-state index in [0.29, 0.717) is 5.75 Å². The fourth-order valence-corrected chi connectivity index (χ4v) is 2.83. The molecule has 2 aromatic carbocycles. The molecule has 1 aliphatic rings. The number of phenolic OH excluding ortho intramolecular Hbond substituents is 1. The third-order valence-electron chi connectivity index (χ3n) is 4.11. The molecule has 0 spiro atoms. The van der Waals surface area contributed by atoms with Crippen LogP contribution in [0.15, 0.2) is 42.5 Å². The van der Waals surface area contributed by atoms with Crippen molar-refractivity contribution in [3.05, 3.63) is 53.6 Å². The zero-order valence-corrected chi connectivity index (χ0v) is 11.9. The molecule has 3 rings (SSSR count). The van der Waals surface area contributed by atoms with E-state index in [0.717, 1.165) is 24.2 Å². The Morgan fingerprint density at radius 1 is 1.20 bits per heavy atom. The van der Waals surface area contributed by atoms with Gasteiger partial charge in [0, 0.05) is 35.6 Å². The Balaban J connectivity index is 1.95. The van der Waals surface area contributed by atoms with Crippen molar-refractivity contribution in [3.63, 3.8) is 0 Å². The highest BCUT2D eigenvalue weighted by molar-refractivity contribution is 5.71. The number of nitrogens with zero attached hydrogens (tertiary/aromatic N) is 1. The topological polar surface area (TPSA) is 35.5 Å². The number of aromatic hydroxyl groups is 1. The van der Waals surface area contributed by atoms with E-state index in [1.54, 1.807) is 0 Å². The van der Waals surface area contributed by atoms with Gasteiger partial charge in [0.2, 0.25) is 0 Å². The Hall–Kier alpha value is -2.00. The van der Waals surface area contributed by atoms with Gasteiger partial charge in [-0.15, -0.1) is 0 Å². The molecule has 0 aliphatic carbocycles. The summed E-state index contributed by atoms with van der Waals surface area (Å²) in [6, 6.07) is 14.6. The molecule has 1 unspecified atom stereocenters. The van der Waals surface area contributed by atoms with Crippen molar-refractivity contribution in [3.8, 4) is 5.75 Å². The highest BCUT2D eigenvalue weighted by Gasteiger charge is 2.20. The largest absolute Gasteiger partial charge is 0.508 e. The molecule has 0 radical (unpaired) electrons. The predicted octanol–water partition coefficient (Wildman–Crippen LogP) is 3.37. The highest BCUT2D eigenvalue weighted by atomic mass is 16.3. The molecule has 0 saturated carbocycles. The Morgan fingerprint density at radius 2 is 2.00 bits per heavy atom. The van der Waals surface area contributed by atoms with E-state index in [9.17, 15) is 5.11 Å². The molecule has 1 aliphatic heterocycles. The van der Waals surface area contributed by atoms with Crippen LogP contribution in [0, 0.1) is 0 Å². The van der Waals surface area contributed by atoms with Gasteiger partial charge in [-0.05, 0) is 38.1 Å². The Morgan fingerprint density at radius 3 is 2.75 bits per heavy atom. The summed E-state index contributed by atoms with van der Waals surface area (Å²) < 4.78 is 0. The molecule has 1 heterocycles. The van der Waals surface area contributed by atoms with E-state index >= 15 is 0 Å². The molecule has 2 aromatic rings. The highest BCUT2D eigenvalue weighted by Crippen LogP contribution is 2.37. The molecule has 20 heavy (non-hydrogen) atoms. The lowest BCUT2D eigenvalue weighted by Crippen LogP contribution is -2.15. The first kappa shape index (κ1) is 13.0. The van der Waals surface area contributed by atoms with Crippen LogP contribution in [0.2, 0.25) is 0 Å². The first-order valence-corrected chi connectivity index (χ1v) is 7.06.